The molecule has 1 aromatic heterocycles. The molecule has 0 saturated carbocycles. The summed E-state index contributed by atoms with van der Waals surface area (Å²) >= 11 is 0. The van der Waals surface area contributed by atoms with E-state index in [0.29, 0.717) is 17.3 Å². The minimum absolute atomic E-state index is 0.509. The largest absolute Gasteiger partial charge is 0.416 e. The molecule has 5 heteroatoms. The van der Waals surface area contributed by atoms with Gasteiger partial charge in [0.25, 0.3) is 0 Å². The Balaban J connectivity index is 1.77. The van der Waals surface area contributed by atoms with Crippen molar-refractivity contribution >= 4 is 0 Å². The zero-order chi connectivity index (χ0) is 17.2. The van der Waals surface area contributed by atoms with Crippen molar-refractivity contribution in [2.45, 2.75) is 51.6 Å². The van der Waals surface area contributed by atoms with Crippen molar-refractivity contribution in [3.8, 4) is 11.4 Å². The highest BCUT2D eigenvalue weighted by Gasteiger charge is 2.30. The van der Waals surface area contributed by atoms with Gasteiger partial charge >= 0.3 is 6.18 Å². The summed E-state index contributed by atoms with van der Waals surface area (Å²) in [4.78, 5) is 8.97. The molecule has 1 aromatic carbocycles. The first-order valence-electron chi connectivity index (χ1n) is 8.49. The van der Waals surface area contributed by atoms with E-state index in [-0.39, 0.29) is 0 Å². The van der Waals surface area contributed by atoms with Gasteiger partial charge in [-0.25, -0.2) is 9.97 Å². The van der Waals surface area contributed by atoms with Crippen LogP contribution in [0.3, 0.4) is 0 Å². The van der Waals surface area contributed by atoms with Gasteiger partial charge in [0.2, 0.25) is 0 Å². The molecular weight excluding hydrogens is 313 g/mol. The van der Waals surface area contributed by atoms with E-state index in [4.69, 9.17) is 0 Å². The third-order valence-corrected chi connectivity index (χ3v) is 4.69. The lowest BCUT2D eigenvalue weighted by atomic mass is 9.84. The number of benzene rings is 1. The van der Waals surface area contributed by atoms with Gasteiger partial charge in [0.05, 0.1) is 5.56 Å². The second-order valence-electron chi connectivity index (χ2n) is 6.49. The van der Waals surface area contributed by atoms with E-state index in [0.717, 1.165) is 37.1 Å². The molecule has 0 amide bonds. The van der Waals surface area contributed by atoms with Crippen LogP contribution in [0, 0.1) is 5.92 Å². The predicted octanol–water partition coefficient (Wildman–Crippen LogP) is 5.46. The molecule has 0 aliphatic heterocycles. The highest BCUT2D eigenvalue weighted by molar-refractivity contribution is 5.56. The molecule has 0 bridgehead atoms. The molecule has 1 heterocycles. The molecule has 2 nitrogen and oxygen atoms in total. The lowest BCUT2D eigenvalue weighted by Crippen LogP contribution is -2.16. The number of rotatable bonds is 4. The van der Waals surface area contributed by atoms with E-state index in [1.165, 1.54) is 37.0 Å². The molecule has 0 N–H and O–H groups in total. The average molecular weight is 334 g/mol. The summed E-state index contributed by atoms with van der Waals surface area (Å²) in [7, 11) is 0. The van der Waals surface area contributed by atoms with Crippen LogP contribution in [0.15, 0.2) is 30.5 Å². The van der Waals surface area contributed by atoms with Crippen LogP contribution >= 0.6 is 0 Å². The molecule has 0 spiro atoms. The van der Waals surface area contributed by atoms with Crippen molar-refractivity contribution in [3.63, 3.8) is 0 Å². The fourth-order valence-corrected chi connectivity index (χ4v) is 3.27. The maximum absolute atomic E-state index is 12.6. The second-order valence-corrected chi connectivity index (χ2v) is 6.49. The monoisotopic (exact) mass is 334 g/mol. The number of unbranched alkanes of at least 4 members (excludes halogenated alkanes) is 1. The Morgan fingerprint density at radius 3 is 2.58 bits per heavy atom. The number of nitrogens with zero attached hydrogens (tertiary/aromatic N) is 2. The molecule has 1 unspecified atom stereocenters. The average Bonchev–Trinajstić information content (AvgIpc) is 2.58. The molecule has 1 aliphatic rings. The Kier molecular flexibility index (Phi) is 4.88. The number of fused-ring (bicyclic) bond motifs is 1. The summed E-state index contributed by atoms with van der Waals surface area (Å²) < 4.78 is 37.9. The number of alkyl halides is 3. The fraction of sp³-hybridized carbons (Fsp3) is 0.474. The standard InChI is InChI=1S/C19H21F3N2/c1-2-3-4-13-5-10-17-15(11-13)12-23-18(24-17)14-6-8-16(9-7-14)19(20,21)22/h6-9,12-13H,2-5,10-11H2,1H3. The van der Waals surface area contributed by atoms with E-state index in [1.807, 2.05) is 6.20 Å². The van der Waals surface area contributed by atoms with Crippen molar-refractivity contribution < 1.29 is 13.2 Å². The summed E-state index contributed by atoms with van der Waals surface area (Å²) in [5.74, 6) is 1.22. The normalized spacial score (nSPS) is 17.6. The Labute approximate surface area is 140 Å². The van der Waals surface area contributed by atoms with Crippen LogP contribution in [0.5, 0.6) is 0 Å². The Morgan fingerprint density at radius 2 is 1.92 bits per heavy atom. The first-order chi connectivity index (χ1) is 11.5. The van der Waals surface area contributed by atoms with Crippen molar-refractivity contribution in [3.05, 3.63) is 47.3 Å². The smallest absolute Gasteiger partial charge is 0.236 e. The SMILES string of the molecule is CCCCC1CCc2nc(-c3ccc(C(F)(F)F)cc3)ncc2C1. The number of aryl methyl sites for hydroxylation is 1. The molecule has 2 aromatic rings. The summed E-state index contributed by atoms with van der Waals surface area (Å²) in [5.41, 5.74) is 2.22. The lowest BCUT2D eigenvalue weighted by molar-refractivity contribution is -0.137. The van der Waals surface area contributed by atoms with Crippen LogP contribution in [0.4, 0.5) is 13.2 Å². The Bertz CT molecular complexity index is 693. The topological polar surface area (TPSA) is 25.8 Å². The van der Waals surface area contributed by atoms with Crippen LogP contribution in [-0.4, -0.2) is 9.97 Å². The highest BCUT2D eigenvalue weighted by atomic mass is 19.4. The summed E-state index contributed by atoms with van der Waals surface area (Å²) in [6, 6.07) is 5.05. The number of aromatic nitrogens is 2. The van der Waals surface area contributed by atoms with Gasteiger partial charge in [-0.3, -0.25) is 0 Å². The second kappa shape index (κ2) is 6.91. The van der Waals surface area contributed by atoms with Crippen LogP contribution in [0.1, 0.15) is 49.4 Å². The molecule has 128 valence electrons. The van der Waals surface area contributed by atoms with Crippen LogP contribution in [0.25, 0.3) is 11.4 Å². The molecule has 3 rings (SSSR count). The van der Waals surface area contributed by atoms with Gasteiger partial charge in [-0.15, -0.1) is 0 Å². The van der Waals surface area contributed by atoms with Gasteiger partial charge in [0.15, 0.2) is 5.82 Å². The zero-order valence-corrected chi connectivity index (χ0v) is 13.7. The molecule has 1 atom stereocenters. The van der Waals surface area contributed by atoms with Crippen molar-refractivity contribution in [1.82, 2.24) is 9.97 Å². The number of hydrogen-bond acceptors (Lipinski definition) is 2. The minimum atomic E-state index is -4.32. The van der Waals surface area contributed by atoms with Crippen molar-refractivity contribution in [2.75, 3.05) is 0 Å². The minimum Gasteiger partial charge on any atom is -0.236 e. The Morgan fingerprint density at radius 1 is 1.17 bits per heavy atom. The number of hydrogen-bond donors (Lipinski definition) is 0. The van der Waals surface area contributed by atoms with Crippen molar-refractivity contribution in [1.29, 1.82) is 0 Å². The molecule has 0 fully saturated rings. The lowest BCUT2D eigenvalue weighted by Gasteiger charge is -2.23. The first-order valence-corrected chi connectivity index (χ1v) is 8.49. The van der Waals surface area contributed by atoms with Gasteiger partial charge in [-0.05, 0) is 42.9 Å². The summed E-state index contributed by atoms with van der Waals surface area (Å²) in [6.07, 6.45) is 4.34. The van der Waals surface area contributed by atoms with E-state index < -0.39 is 11.7 Å². The van der Waals surface area contributed by atoms with Gasteiger partial charge in [0.1, 0.15) is 0 Å². The van der Waals surface area contributed by atoms with Crippen molar-refractivity contribution in [2.24, 2.45) is 5.92 Å². The third-order valence-electron chi connectivity index (χ3n) is 4.69. The fourth-order valence-electron chi connectivity index (χ4n) is 3.27. The molecule has 0 radical (unpaired) electrons. The van der Waals surface area contributed by atoms with Gasteiger partial charge in [-0.1, -0.05) is 38.3 Å². The third kappa shape index (κ3) is 3.77. The van der Waals surface area contributed by atoms with Crippen LogP contribution in [-0.2, 0) is 19.0 Å². The highest BCUT2D eigenvalue weighted by Crippen LogP contribution is 2.31. The first kappa shape index (κ1) is 16.9. The Hall–Kier alpha value is -1.91. The zero-order valence-electron chi connectivity index (χ0n) is 13.7. The molecule has 0 saturated heterocycles. The van der Waals surface area contributed by atoms with Crippen LogP contribution in [0.2, 0.25) is 0 Å². The summed E-state index contributed by atoms with van der Waals surface area (Å²) in [6.45, 7) is 2.20. The van der Waals surface area contributed by atoms with E-state index in [2.05, 4.69) is 16.9 Å². The molecular formula is C19H21F3N2. The summed E-state index contributed by atoms with van der Waals surface area (Å²) in [5, 5.41) is 0. The van der Waals surface area contributed by atoms with E-state index >= 15 is 0 Å². The van der Waals surface area contributed by atoms with Gasteiger partial charge < -0.3 is 0 Å². The maximum atomic E-state index is 12.6. The maximum Gasteiger partial charge on any atom is 0.416 e. The molecule has 1 aliphatic carbocycles. The van der Waals surface area contributed by atoms with E-state index in [1.54, 1.807) is 0 Å². The van der Waals surface area contributed by atoms with E-state index in [9.17, 15) is 13.2 Å². The van der Waals surface area contributed by atoms with Gasteiger partial charge in [-0.2, -0.15) is 13.2 Å². The molecule has 24 heavy (non-hydrogen) atoms. The number of halogens is 3. The predicted molar refractivity (Wildman–Crippen MR) is 87.5 cm³/mol. The van der Waals surface area contributed by atoms with Crippen LogP contribution < -0.4 is 0 Å². The quantitative estimate of drug-likeness (QED) is 0.742. The van der Waals surface area contributed by atoms with Gasteiger partial charge in [0, 0.05) is 17.5 Å².